The molecule has 1 atom stereocenters. The largest absolute Gasteiger partial charge is 0.497 e. The fraction of sp³-hybridized carbons (Fsp3) is 0.625. The molecule has 19 heavy (non-hydrogen) atoms. The minimum absolute atomic E-state index is 0.194. The number of hydrogen-bond acceptors (Lipinski definition) is 3. The van der Waals surface area contributed by atoms with Gasteiger partial charge < -0.3 is 15.2 Å². The van der Waals surface area contributed by atoms with Gasteiger partial charge >= 0.3 is 0 Å². The average Bonchev–Trinajstić information content (AvgIpc) is 2.93. The summed E-state index contributed by atoms with van der Waals surface area (Å²) in [4.78, 5) is 0. The fourth-order valence-electron chi connectivity index (χ4n) is 2.55. The van der Waals surface area contributed by atoms with Crippen molar-refractivity contribution in [2.75, 3.05) is 7.11 Å². The van der Waals surface area contributed by atoms with E-state index in [0.717, 1.165) is 37.2 Å². The van der Waals surface area contributed by atoms with Gasteiger partial charge in [0.2, 0.25) is 0 Å². The summed E-state index contributed by atoms with van der Waals surface area (Å²) in [6.45, 7) is 2.12. The Morgan fingerprint density at radius 1 is 1.32 bits per heavy atom. The first-order valence-electron chi connectivity index (χ1n) is 7.32. The van der Waals surface area contributed by atoms with Gasteiger partial charge in [0.05, 0.1) is 13.2 Å². The first-order valence-corrected chi connectivity index (χ1v) is 7.32. The van der Waals surface area contributed by atoms with Crippen LogP contribution in [0.2, 0.25) is 0 Å². The molecular weight excluding hydrogens is 238 g/mol. The van der Waals surface area contributed by atoms with E-state index >= 15 is 0 Å². The molecule has 1 aliphatic rings. The number of rotatable bonds is 6. The van der Waals surface area contributed by atoms with E-state index in [4.69, 9.17) is 15.2 Å². The van der Waals surface area contributed by atoms with Gasteiger partial charge in [-0.25, -0.2) is 0 Å². The molecule has 0 aliphatic heterocycles. The van der Waals surface area contributed by atoms with Crippen molar-refractivity contribution in [1.82, 2.24) is 0 Å². The van der Waals surface area contributed by atoms with Crippen molar-refractivity contribution in [2.24, 2.45) is 5.73 Å². The molecule has 0 bridgehead atoms. The lowest BCUT2D eigenvalue weighted by Gasteiger charge is -2.19. The lowest BCUT2D eigenvalue weighted by atomic mass is 10.0. The number of ether oxygens (including phenoxy) is 2. The maximum absolute atomic E-state index is 6.16. The molecule has 0 spiro atoms. The number of hydrogen-bond donors (Lipinski definition) is 1. The lowest BCUT2D eigenvalue weighted by molar-refractivity contribution is 0.206. The van der Waals surface area contributed by atoms with Gasteiger partial charge in [0, 0.05) is 12.1 Å². The summed E-state index contributed by atoms with van der Waals surface area (Å²) in [5.41, 5.74) is 7.26. The minimum Gasteiger partial charge on any atom is -0.497 e. The molecule has 3 nitrogen and oxygen atoms in total. The number of nitrogens with two attached hydrogens (primary N) is 1. The molecular formula is C16H25NO2. The van der Waals surface area contributed by atoms with E-state index in [2.05, 4.69) is 13.0 Å². The highest BCUT2D eigenvalue weighted by atomic mass is 16.5. The lowest BCUT2D eigenvalue weighted by Crippen LogP contribution is -2.22. The van der Waals surface area contributed by atoms with E-state index in [-0.39, 0.29) is 6.04 Å². The van der Waals surface area contributed by atoms with Crippen LogP contribution in [-0.4, -0.2) is 19.3 Å². The van der Waals surface area contributed by atoms with Crippen LogP contribution in [0, 0.1) is 0 Å². The van der Waals surface area contributed by atoms with Crippen LogP contribution < -0.4 is 15.2 Å². The maximum Gasteiger partial charge on any atom is 0.126 e. The van der Waals surface area contributed by atoms with E-state index in [1.54, 1.807) is 7.11 Å². The zero-order chi connectivity index (χ0) is 13.7. The second kappa shape index (κ2) is 6.80. The maximum atomic E-state index is 6.16. The van der Waals surface area contributed by atoms with Crippen LogP contribution in [0.25, 0.3) is 0 Å². The Morgan fingerprint density at radius 2 is 2.05 bits per heavy atom. The highest BCUT2D eigenvalue weighted by Gasteiger charge is 2.19. The molecule has 0 amide bonds. The summed E-state index contributed by atoms with van der Waals surface area (Å²) in [7, 11) is 1.69. The van der Waals surface area contributed by atoms with E-state index in [9.17, 15) is 0 Å². The highest BCUT2D eigenvalue weighted by Crippen LogP contribution is 2.30. The molecule has 1 fully saturated rings. The molecule has 1 saturated carbocycles. The Bertz CT molecular complexity index is 400. The van der Waals surface area contributed by atoms with Gasteiger partial charge in [0.1, 0.15) is 11.5 Å². The van der Waals surface area contributed by atoms with Crippen molar-refractivity contribution >= 4 is 0 Å². The molecule has 0 heterocycles. The van der Waals surface area contributed by atoms with E-state index < -0.39 is 0 Å². The molecule has 1 unspecified atom stereocenters. The third-order valence-corrected chi connectivity index (χ3v) is 3.88. The Balaban J connectivity index is 2.15. The smallest absolute Gasteiger partial charge is 0.126 e. The monoisotopic (exact) mass is 263 g/mol. The predicted octanol–water partition coefficient (Wildman–Crippen LogP) is 3.30. The molecule has 1 aromatic carbocycles. The first kappa shape index (κ1) is 14.2. The summed E-state index contributed by atoms with van der Waals surface area (Å²) in [6.07, 6.45) is 7.09. The zero-order valence-corrected chi connectivity index (χ0v) is 12.0. The molecule has 3 heteroatoms. The van der Waals surface area contributed by atoms with Crippen LogP contribution in [-0.2, 0) is 6.42 Å². The van der Waals surface area contributed by atoms with Gasteiger partial charge in [-0.15, -0.1) is 0 Å². The van der Waals surface area contributed by atoms with Crippen molar-refractivity contribution in [3.05, 3.63) is 23.8 Å². The molecule has 0 saturated heterocycles. The topological polar surface area (TPSA) is 44.5 Å². The Labute approximate surface area is 116 Å². The molecule has 2 N–H and O–H groups in total. The van der Waals surface area contributed by atoms with Crippen molar-refractivity contribution in [3.8, 4) is 11.5 Å². The second-order valence-corrected chi connectivity index (χ2v) is 5.37. The van der Waals surface area contributed by atoms with E-state index in [1.165, 1.54) is 18.4 Å². The molecule has 106 valence electrons. The van der Waals surface area contributed by atoms with Crippen LogP contribution in [0.15, 0.2) is 18.2 Å². The van der Waals surface area contributed by atoms with Gasteiger partial charge in [-0.3, -0.25) is 0 Å². The number of benzene rings is 1. The molecule has 0 radical (unpaired) electrons. The van der Waals surface area contributed by atoms with Gasteiger partial charge in [0.25, 0.3) is 0 Å². The van der Waals surface area contributed by atoms with Crippen molar-refractivity contribution in [2.45, 2.75) is 57.6 Å². The quantitative estimate of drug-likeness (QED) is 0.856. The van der Waals surface area contributed by atoms with E-state index in [1.807, 2.05) is 12.1 Å². The summed E-state index contributed by atoms with van der Waals surface area (Å²) >= 11 is 0. The van der Waals surface area contributed by atoms with Crippen LogP contribution in [0.4, 0.5) is 0 Å². The van der Waals surface area contributed by atoms with Crippen LogP contribution in [0.1, 0.15) is 44.6 Å². The average molecular weight is 263 g/mol. The molecule has 1 aliphatic carbocycles. The third-order valence-electron chi connectivity index (χ3n) is 3.88. The normalized spacial score (nSPS) is 17.4. The van der Waals surface area contributed by atoms with Gasteiger partial charge in [-0.1, -0.05) is 13.0 Å². The Morgan fingerprint density at radius 3 is 2.68 bits per heavy atom. The third kappa shape index (κ3) is 3.87. The van der Waals surface area contributed by atoms with Gasteiger partial charge in [-0.05, 0) is 50.2 Å². The number of methoxy groups -OCH3 is 1. The Kier molecular flexibility index (Phi) is 5.08. The van der Waals surface area contributed by atoms with Crippen LogP contribution >= 0.6 is 0 Å². The SMILES string of the molecule is CCC(N)Cc1ccc(OC)cc1OC1CCCC1. The summed E-state index contributed by atoms with van der Waals surface area (Å²) in [5, 5.41) is 0. The first-order chi connectivity index (χ1) is 9.22. The zero-order valence-electron chi connectivity index (χ0n) is 12.0. The summed E-state index contributed by atoms with van der Waals surface area (Å²) in [5.74, 6) is 1.80. The van der Waals surface area contributed by atoms with Crippen LogP contribution in [0.5, 0.6) is 11.5 Å². The van der Waals surface area contributed by atoms with Crippen molar-refractivity contribution in [1.29, 1.82) is 0 Å². The highest BCUT2D eigenvalue weighted by molar-refractivity contribution is 5.41. The second-order valence-electron chi connectivity index (χ2n) is 5.37. The summed E-state index contributed by atoms with van der Waals surface area (Å²) < 4.78 is 11.5. The van der Waals surface area contributed by atoms with Crippen molar-refractivity contribution < 1.29 is 9.47 Å². The van der Waals surface area contributed by atoms with Crippen LogP contribution in [0.3, 0.4) is 0 Å². The van der Waals surface area contributed by atoms with Gasteiger partial charge in [-0.2, -0.15) is 0 Å². The van der Waals surface area contributed by atoms with E-state index in [0.29, 0.717) is 6.10 Å². The Hall–Kier alpha value is -1.22. The molecule has 2 rings (SSSR count). The van der Waals surface area contributed by atoms with Gasteiger partial charge in [0.15, 0.2) is 0 Å². The summed E-state index contributed by atoms with van der Waals surface area (Å²) in [6, 6.07) is 6.26. The predicted molar refractivity (Wildman–Crippen MR) is 77.8 cm³/mol. The minimum atomic E-state index is 0.194. The standard InChI is InChI=1S/C16H25NO2/c1-3-13(17)10-12-8-9-15(18-2)11-16(12)19-14-6-4-5-7-14/h8-9,11,13-14H,3-7,10,17H2,1-2H3. The molecule has 1 aromatic rings. The molecule has 0 aromatic heterocycles. The fourth-order valence-corrected chi connectivity index (χ4v) is 2.55. The van der Waals surface area contributed by atoms with Crippen molar-refractivity contribution in [3.63, 3.8) is 0 Å².